The van der Waals surface area contributed by atoms with Gasteiger partial charge < -0.3 is 20.1 Å². The normalized spacial score (nSPS) is 13.3. The summed E-state index contributed by atoms with van der Waals surface area (Å²) in [6.45, 7) is 6.24. The quantitative estimate of drug-likeness (QED) is 0.359. The second-order valence-electron chi connectivity index (χ2n) is 8.41. The maximum atomic E-state index is 13.1. The minimum Gasteiger partial charge on any atom is -0.494 e. The molecule has 0 spiro atoms. The molecule has 0 fully saturated rings. The first kappa shape index (κ1) is 25.8. The number of nitrogens with zero attached hydrogens (tertiary/aromatic N) is 1. The number of anilines is 3. The van der Waals surface area contributed by atoms with Crippen LogP contribution in [0.1, 0.15) is 31.1 Å². The SMILES string of the molecule is CCOc1ccc(N2C(=O)C(Cl)=C(Nc3cccc(C(=O)Nc4ccc(OC(C)C)cc4)c3)C2=O)cc1. The highest BCUT2D eigenvalue weighted by atomic mass is 35.5. The van der Waals surface area contributed by atoms with Crippen molar-refractivity contribution >= 4 is 46.4 Å². The molecule has 2 N–H and O–H groups in total. The predicted octanol–water partition coefficient (Wildman–Crippen LogP) is 5.56. The van der Waals surface area contributed by atoms with Crippen molar-refractivity contribution in [1.29, 1.82) is 0 Å². The minimum atomic E-state index is -0.642. The van der Waals surface area contributed by atoms with Crippen LogP contribution in [0.5, 0.6) is 11.5 Å². The Morgan fingerprint density at radius 2 is 1.59 bits per heavy atom. The van der Waals surface area contributed by atoms with Gasteiger partial charge in [-0.25, -0.2) is 4.90 Å². The number of hydrogen-bond donors (Lipinski definition) is 2. The second-order valence-corrected chi connectivity index (χ2v) is 8.79. The van der Waals surface area contributed by atoms with Crippen molar-refractivity contribution in [3.8, 4) is 11.5 Å². The van der Waals surface area contributed by atoms with Crippen molar-refractivity contribution in [3.05, 3.63) is 89.1 Å². The Labute approximate surface area is 219 Å². The molecule has 1 aliphatic rings. The van der Waals surface area contributed by atoms with Crippen LogP contribution >= 0.6 is 11.6 Å². The first-order valence-corrected chi connectivity index (χ1v) is 12.1. The van der Waals surface area contributed by atoms with E-state index in [9.17, 15) is 14.4 Å². The molecule has 190 valence electrons. The number of rotatable bonds is 9. The van der Waals surface area contributed by atoms with E-state index in [2.05, 4.69) is 10.6 Å². The van der Waals surface area contributed by atoms with Gasteiger partial charge in [-0.1, -0.05) is 17.7 Å². The monoisotopic (exact) mass is 519 g/mol. The molecule has 1 aliphatic heterocycles. The molecule has 9 heteroatoms. The van der Waals surface area contributed by atoms with E-state index in [-0.39, 0.29) is 22.7 Å². The van der Waals surface area contributed by atoms with Gasteiger partial charge in [0.05, 0.1) is 18.4 Å². The van der Waals surface area contributed by atoms with Crippen LogP contribution < -0.4 is 25.0 Å². The lowest BCUT2D eigenvalue weighted by Gasteiger charge is -2.16. The third-order valence-corrected chi connectivity index (χ3v) is 5.66. The number of hydrogen-bond acceptors (Lipinski definition) is 6. The molecule has 0 radical (unpaired) electrons. The Balaban J connectivity index is 1.46. The van der Waals surface area contributed by atoms with Crippen LogP contribution in [0.2, 0.25) is 0 Å². The molecule has 0 bridgehead atoms. The number of nitrogens with one attached hydrogen (secondary N) is 2. The standard InChI is InChI=1S/C28H26ClN3O5/c1-4-36-22-14-10-21(11-15-22)32-27(34)24(29)25(28(32)35)30-20-7-5-6-18(16-20)26(33)31-19-8-12-23(13-9-19)37-17(2)3/h5-17,30H,4H2,1-3H3,(H,31,33). The number of ether oxygens (including phenoxy) is 2. The van der Waals surface area contributed by atoms with E-state index >= 15 is 0 Å². The molecule has 8 nitrogen and oxygen atoms in total. The highest BCUT2D eigenvalue weighted by Crippen LogP contribution is 2.31. The summed E-state index contributed by atoms with van der Waals surface area (Å²) in [6.07, 6.45) is 0.0503. The van der Waals surface area contributed by atoms with Crippen LogP contribution in [-0.4, -0.2) is 30.4 Å². The molecule has 1 heterocycles. The van der Waals surface area contributed by atoms with Crippen molar-refractivity contribution in [2.45, 2.75) is 26.9 Å². The minimum absolute atomic E-state index is 0.0503. The smallest absolute Gasteiger partial charge is 0.283 e. The van der Waals surface area contributed by atoms with Crippen LogP contribution in [-0.2, 0) is 9.59 Å². The largest absolute Gasteiger partial charge is 0.494 e. The molecule has 0 unspecified atom stereocenters. The lowest BCUT2D eigenvalue weighted by molar-refractivity contribution is -0.120. The molecule has 4 rings (SSSR count). The molecule has 3 aromatic carbocycles. The summed E-state index contributed by atoms with van der Waals surface area (Å²) in [5, 5.41) is 5.49. The zero-order valence-electron chi connectivity index (χ0n) is 20.6. The van der Waals surface area contributed by atoms with E-state index in [1.54, 1.807) is 72.8 Å². The van der Waals surface area contributed by atoms with Crippen molar-refractivity contribution in [2.24, 2.45) is 0 Å². The first-order valence-electron chi connectivity index (χ1n) is 11.7. The Morgan fingerprint density at radius 1 is 0.919 bits per heavy atom. The van der Waals surface area contributed by atoms with Gasteiger partial charge in [0.25, 0.3) is 17.7 Å². The average Bonchev–Trinajstić information content (AvgIpc) is 3.09. The molecule has 0 atom stereocenters. The summed E-state index contributed by atoms with van der Waals surface area (Å²) in [5.41, 5.74) is 1.68. The molecular weight excluding hydrogens is 494 g/mol. The highest BCUT2D eigenvalue weighted by molar-refractivity contribution is 6.53. The van der Waals surface area contributed by atoms with Crippen LogP contribution in [0, 0.1) is 0 Å². The molecule has 0 aliphatic carbocycles. The third kappa shape index (κ3) is 5.92. The molecule has 0 saturated carbocycles. The number of imide groups is 1. The van der Waals surface area contributed by atoms with Crippen molar-refractivity contribution in [3.63, 3.8) is 0 Å². The summed E-state index contributed by atoms with van der Waals surface area (Å²) in [4.78, 5) is 39.6. The maximum Gasteiger partial charge on any atom is 0.283 e. The first-order chi connectivity index (χ1) is 17.8. The summed E-state index contributed by atoms with van der Waals surface area (Å²) >= 11 is 6.24. The predicted molar refractivity (Wildman–Crippen MR) is 143 cm³/mol. The number of carbonyl (C=O) groups excluding carboxylic acids is 3. The van der Waals surface area contributed by atoms with E-state index < -0.39 is 11.8 Å². The molecule has 37 heavy (non-hydrogen) atoms. The number of benzene rings is 3. The van der Waals surface area contributed by atoms with Crippen LogP contribution in [0.15, 0.2) is 83.5 Å². The Bertz CT molecular complexity index is 1350. The molecule has 0 saturated heterocycles. The average molecular weight is 520 g/mol. The van der Waals surface area contributed by atoms with Crippen LogP contribution in [0.3, 0.4) is 0 Å². The van der Waals surface area contributed by atoms with E-state index in [0.29, 0.717) is 40.7 Å². The van der Waals surface area contributed by atoms with Crippen LogP contribution in [0.4, 0.5) is 17.1 Å². The topological polar surface area (TPSA) is 97.0 Å². The number of halogens is 1. The van der Waals surface area contributed by atoms with Gasteiger partial charge in [-0.05, 0) is 87.5 Å². The van der Waals surface area contributed by atoms with Gasteiger partial charge >= 0.3 is 0 Å². The lowest BCUT2D eigenvalue weighted by atomic mass is 10.1. The zero-order valence-corrected chi connectivity index (χ0v) is 21.3. The third-order valence-electron chi connectivity index (χ3n) is 5.31. The lowest BCUT2D eigenvalue weighted by Crippen LogP contribution is -2.32. The van der Waals surface area contributed by atoms with Gasteiger partial charge in [0.15, 0.2) is 0 Å². The van der Waals surface area contributed by atoms with E-state index in [1.807, 2.05) is 20.8 Å². The van der Waals surface area contributed by atoms with E-state index in [0.717, 1.165) is 4.90 Å². The van der Waals surface area contributed by atoms with Gasteiger partial charge in [-0.2, -0.15) is 0 Å². The maximum absolute atomic E-state index is 13.1. The van der Waals surface area contributed by atoms with Gasteiger partial charge in [-0.15, -0.1) is 0 Å². The van der Waals surface area contributed by atoms with Crippen molar-refractivity contribution in [1.82, 2.24) is 0 Å². The van der Waals surface area contributed by atoms with Gasteiger partial charge in [0.1, 0.15) is 22.2 Å². The number of amides is 3. The van der Waals surface area contributed by atoms with Gasteiger partial charge in [0, 0.05) is 16.9 Å². The summed E-state index contributed by atoms with van der Waals surface area (Å²) < 4.78 is 11.0. The summed E-state index contributed by atoms with van der Waals surface area (Å²) in [7, 11) is 0. The molecule has 3 amide bonds. The van der Waals surface area contributed by atoms with Gasteiger partial charge in [0.2, 0.25) is 0 Å². The van der Waals surface area contributed by atoms with Crippen molar-refractivity contribution in [2.75, 3.05) is 22.1 Å². The highest BCUT2D eigenvalue weighted by Gasteiger charge is 2.39. The summed E-state index contributed by atoms with van der Waals surface area (Å²) in [5.74, 6) is -0.252. The van der Waals surface area contributed by atoms with Crippen molar-refractivity contribution < 1.29 is 23.9 Å². The molecular formula is C28H26ClN3O5. The Hall–Kier alpha value is -4.30. The number of carbonyl (C=O) groups is 3. The fraction of sp³-hybridized carbons (Fsp3) is 0.179. The fourth-order valence-electron chi connectivity index (χ4n) is 3.68. The van der Waals surface area contributed by atoms with Crippen LogP contribution in [0.25, 0.3) is 0 Å². The Morgan fingerprint density at radius 3 is 2.24 bits per heavy atom. The zero-order chi connectivity index (χ0) is 26.5. The Kier molecular flexibility index (Phi) is 7.79. The summed E-state index contributed by atoms with van der Waals surface area (Å²) in [6, 6.07) is 20.2. The second kappa shape index (κ2) is 11.2. The molecule has 3 aromatic rings. The van der Waals surface area contributed by atoms with E-state index in [4.69, 9.17) is 21.1 Å². The van der Waals surface area contributed by atoms with Gasteiger partial charge in [-0.3, -0.25) is 14.4 Å². The molecule has 0 aromatic heterocycles. The fourth-order valence-corrected chi connectivity index (χ4v) is 3.89. The van der Waals surface area contributed by atoms with E-state index in [1.165, 1.54) is 0 Å².